The Balaban J connectivity index is 2.34. The van der Waals surface area contributed by atoms with Gasteiger partial charge in [0, 0.05) is 10.9 Å². The molecule has 82 valence electrons. The van der Waals surface area contributed by atoms with Gasteiger partial charge in [0.1, 0.15) is 0 Å². The number of rotatable bonds is 1. The highest BCUT2D eigenvalue weighted by molar-refractivity contribution is 7.11. The largest absolute Gasteiger partial charge is 0.324 e. The van der Waals surface area contributed by atoms with Gasteiger partial charge in [-0.3, -0.25) is 0 Å². The maximum Gasteiger partial charge on any atom is 0.0329 e. The number of allylic oxidation sites excluding steroid dienone is 1. The van der Waals surface area contributed by atoms with Gasteiger partial charge in [-0.25, -0.2) is 0 Å². The van der Waals surface area contributed by atoms with Gasteiger partial charge in [-0.1, -0.05) is 19.9 Å². The molecule has 0 amide bonds. The van der Waals surface area contributed by atoms with Gasteiger partial charge < -0.3 is 5.73 Å². The normalized spacial score (nSPS) is 25.1. The van der Waals surface area contributed by atoms with E-state index in [1.54, 1.807) is 0 Å². The van der Waals surface area contributed by atoms with Crippen LogP contribution in [0.4, 0.5) is 0 Å². The van der Waals surface area contributed by atoms with E-state index in [1.807, 2.05) is 11.3 Å². The van der Waals surface area contributed by atoms with Gasteiger partial charge in [0.25, 0.3) is 0 Å². The standard InChI is InChI=1S/C13H19NS/c1-9-4-5-15-12(9)10-6-11(14)8-13(2,3)7-10/h4-6,11H,7-8,14H2,1-3H3. The summed E-state index contributed by atoms with van der Waals surface area (Å²) in [6.07, 6.45) is 4.51. The average Bonchev–Trinajstić information content (AvgIpc) is 2.47. The van der Waals surface area contributed by atoms with E-state index >= 15 is 0 Å². The molecule has 1 aliphatic carbocycles. The van der Waals surface area contributed by atoms with Crippen LogP contribution in [0.2, 0.25) is 0 Å². The number of hydrogen-bond donors (Lipinski definition) is 1. The van der Waals surface area contributed by atoms with Crippen LogP contribution in [-0.4, -0.2) is 6.04 Å². The van der Waals surface area contributed by atoms with Crippen LogP contribution in [0.15, 0.2) is 17.5 Å². The Morgan fingerprint density at radius 1 is 1.47 bits per heavy atom. The molecule has 2 N–H and O–H groups in total. The van der Waals surface area contributed by atoms with E-state index in [0.29, 0.717) is 5.41 Å². The first kappa shape index (κ1) is 10.9. The summed E-state index contributed by atoms with van der Waals surface area (Å²) in [7, 11) is 0. The van der Waals surface area contributed by atoms with Crippen LogP contribution in [-0.2, 0) is 0 Å². The van der Waals surface area contributed by atoms with Crippen molar-refractivity contribution in [3.05, 3.63) is 28.0 Å². The van der Waals surface area contributed by atoms with Crippen LogP contribution in [0, 0.1) is 12.3 Å². The lowest BCUT2D eigenvalue weighted by Gasteiger charge is -2.33. The fourth-order valence-corrected chi connectivity index (χ4v) is 3.41. The van der Waals surface area contributed by atoms with Crippen molar-refractivity contribution in [2.45, 2.75) is 39.7 Å². The molecule has 0 aromatic carbocycles. The summed E-state index contributed by atoms with van der Waals surface area (Å²) in [6, 6.07) is 2.42. The zero-order valence-corrected chi connectivity index (χ0v) is 10.5. The average molecular weight is 221 g/mol. The van der Waals surface area contributed by atoms with E-state index in [1.165, 1.54) is 16.0 Å². The smallest absolute Gasteiger partial charge is 0.0329 e. The molecule has 1 atom stereocenters. The first-order valence-electron chi connectivity index (χ1n) is 5.49. The van der Waals surface area contributed by atoms with Crippen molar-refractivity contribution in [3.63, 3.8) is 0 Å². The Labute approximate surface area is 96.0 Å². The fraction of sp³-hybridized carbons (Fsp3) is 0.538. The molecule has 1 aliphatic rings. The van der Waals surface area contributed by atoms with E-state index in [-0.39, 0.29) is 6.04 Å². The zero-order chi connectivity index (χ0) is 11.1. The Hall–Kier alpha value is -0.600. The molecule has 2 heteroatoms. The van der Waals surface area contributed by atoms with Crippen LogP contribution in [0.5, 0.6) is 0 Å². The lowest BCUT2D eigenvalue weighted by molar-refractivity contribution is 0.319. The summed E-state index contributed by atoms with van der Waals surface area (Å²) in [5, 5.41) is 2.17. The molecule has 0 saturated heterocycles. The van der Waals surface area contributed by atoms with Crippen molar-refractivity contribution in [2.24, 2.45) is 11.1 Å². The van der Waals surface area contributed by atoms with E-state index < -0.39 is 0 Å². The number of nitrogens with two attached hydrogens (primary N) is 1. The molecule has 1 aromatic rings. The third-order valence-corrected chi connectivity index (χ3v) is 4.12. The second kappa shape index (κ2) is 3.76. The topological polar surface area (TPSA) is 26.0 Å². The summed E-state index contributed by atoms with van der Waals surface area (Å²) in [6.45, 7) is 6.80. The third-order valence-electron chi connectivity index (χ3n) is 3.03. The van der Waals surface area contributed by atoms with Crippen molar-refractivity contribution in [2.75, 3.05) is 0 Å². The summed E-state index contributed by atoms with van der Waals surface area (Å²) in [5.74, 6) is 0. The molecule has 1 unspecified atom stereocenters. The summed E-state index contributed by atoms with van der Waals surface area (Å²) in [5.41, 5.74) is 9.27. The Morgan fingerprint density at radius 2 is 2.20 bits per heavy atom. The highest BCUT2D eigenvalue weighted by atomic mass is 32.1. The van der Waals surface area contributed by atoms with E-state index in [9.17, 15) is 0 Å². The minimum atomic E-state index is 0.227. The Bertz CT molecular complexity index is 387. The van der Waals surface area contributed by atoms with Crippen molar-refractivity contribution < 1.29 is 0 Å². The summed E-state index contributed by atoms with van der Waals surface area (Å²) < 4.78 is 0. The van der Waals surface area contributed by atoms with Crippen LogP contribution in [0.3, 0.4) is 0 Å². The van der Waals surface area contributed by atoms with Crippen molar-refractivity contribution in [1.82, 2.24) is 0 Å². The minimum Gasteiger partial charge on any atom is -0.324 e. The van der Waals surface area contributed by atoms with E-state index in [4.69, 9.17) is 5.73 Å². The predicted molar refractivity (Wildman–Crippen MR) is 68.0 cm³/mol. The molecule has 1 heterocycles. The van der Waals surface area contributed by atoms with E-state index in [2.05, 4.69) is 38.3 Å². The van der Waals surface area contributed by atoms with Crippen molar-refractivity contribution in [1.29, 1.82) is 0 Å². The molecular formula is C13H19NS. The maximum atomic E-state index is 6.09. The second-order valence-corrected chi connectivity index (χ2v) is 6.25. The van der Waals surface area contributed by atoms with Crippen LogP contribution in [0.25, 0.3) is 5.57 Å². The van der Waals surface area contributed by atoms with Gasteiger partial charge in [0.2, 0.25) is 0 Å². The molecule has 0 radical (unpaired) electrons. The number of thiophene rings is 1. The fourth-order valence-electron chi connectivity index (χ4n) is 2.46. The number of hydrogen-bond acceptors (Lipinski definition) is 2. The molecule has 0 fully saturated rings. The zero-order valence-electron chi connectivity index (χ0n) is 9.71. The highest BCUT2D eigenvalue weighted by Crippen LogP contribution is 2.41. The van der Waals surface area contributed by atoms with Gasteiger partial charge in [0.15, 0.2) is 0 Å². The molecule has 0 bridgehead atoms. The van der Waals surface area contributed by atoms with E-state index in [0.717, 1.165) is 12.8 Å². The number of aryl methyl sites for hydroxylation is 1. The van der Waals surface area contributed by atoms with Crippen molar-refractivity contribution in [3.8, 4) is 0 Å². The van der Waals surface area contributed by atoms with Crippen LogP contribution < -0.4 is 5.73 Å². The monoisotopic (exact) mass is 221 g/mol. The molecule has 0 saturated carbocycles. The molecule has 1 nitrogen and oxygen atoms in total. The predicted octanol–water partition coefficient (Wildman–Crippen LogP) is 3.59. The summed E-state index contributed by atoms with van der Waals surface area (Å²) in [4.78, 5) is 1.43. The molecule has 1 aromatic heterocycles. The first-order valence-corrected chi connectivity index (χ1v) is 6.37. The Kier molecular flexibility index (Phi) is 2.73. The minimum absolute atomic E-state index is 0.227. The Morgan fingerprint density at radius 3 is 2.73 bits per heavy atom. The lowest BCUT2D eigenvalue weighted by Crippen LogP contribution is -2.30. The first-order chi connectivity index (χ1) is 6.98. The van der Waals surface area contributed by atoms with Gasteiger partial charge in [-0.05, 0) is 47.8 Å². The highest BCUT2D eigenvalue weighted by Gasteiger charge is 2.28. The van der Waals surface area contributed by atoms with Gasteiger partial charge in [0.05, 0.1) is 0 Å². The maximum absolute atomic E-state index is 6.09. The van der Waals surface area contributed by atoms with Gasteiger partial charge >= 0.3 is 0 Å². The quantitative estimate of drug-likeness (QED) is 0.770. The van der Waals surface area contributed by atoms with Gasteiger partial charge in [-0.2, -0.15) is 0 Å². The second-order valence-electron chi connectivity index (χ2n) is 5.33. The third kappa shape index (κ3) is 2.32. The van der Waals surface area contributed by atoms with Gasteiger partial charge in [-0.15, -0.1) is 11.3 Å². The molecule has 0 aliphatic heterocycles. The van der Waals surface area contributed by atoms with Crippen molar-refractivity contribution >= 4 is 16.9 Å². The van der Waals surface area contributed by atoms with Crippen LogP contribution in [0.1, 0.15) is 37.1 Å². The molecule has 0 spiro atoms. The lowest BCUT2D eigenvalue weighted by atomic mass is 9.75. The molecular weight excluding hydrogens is 202 g/mol. The molecule has 15 heavy (non-hydrogen) atoms. The summed E-state index contributed by atoms with van der Waals surface area (Å²) >= 11 is 1.83. The molecule has 2 rings (SSSR count). The SMILES string of the molecule is Cc1ccsc1C1=CC(N)CC(C)(C)C1. The van der Waals surface area contributed by atoms with Crippen LogP contribution >= 0.6 is 11.3 Å².